The van der Waals surface area contributed by atoms with Gasteiger partial charge in [-0.25, -0.2) is 14.0 Å². The highest BCUT2D eigenvalue weighted by Gasteiger charge is 2.29. The van der Waals surface area contributed by atoms with Gasteiger partial charge in [-0.3, -0.25) is 0 Å². The molecule has 4 rings (SSSR count). The summed E-state index contributed by atoms with van der Waals surface area (Å²) in [5.74, 6) is -1.44. The number of aryl methyl sites for hydroxylation is 1. The molecule has 3 aromatic rings. The standard InChI is InChI=1S/C26H24FNO5/c1-32-17-12-10-16(23(27)14-17)11-13-24(25(29)30)28-26(31)33-15-22-20-8-4-2-6-18(20)19-7-3-5-9-21(19)22/h2-10,12,14,22,24H,11,13,15H2,1H3,(H,28,31)(H,29,30)/t24-/m0/s1. The highest BCUT2D eigenvalue weighted by Crippen LogP contribution is 2.44. The summed E-state index contributed by atoms with van der Waals surface area (Å²) in [6, 6.07) is 19.1. The first-order valence-electron chi connectivity index (χ1n) is 10.6. The van der Waals surface area contributed by atoms with E-state index >= 15 is 0 Å². The van der Waals surface area contributed by atoms with Crippen molar-refractivity contribution in [2.45, 2.75) is 24.8 Å². The quantitative estimate of drug-likeness (QED) is 0.518. The molecule has 1 atom stereocenters. The molecule has 1 aliphatic rings. The van der Waals surface area contributed by atoms with Crippen LogP contribution in [0.4, 0.5) is 9.18 Å². The third-order valence-electron chi connectivity index (χ3n) is 5.90. The fourth-order valence-electron chi connectivity index (χ4n) is 4.20. The summed E-state index contributed by atoms with van der Waals surface area (Å²) in [5.41, 5.74) is 4.68. The van der Waals surface area contributed by atoms with Crippen LogP contribution in [0.5, 0.6) is 5.75 Å². The van der Waals surface area contributed by atoms with Gasteiger partial charge in [0.25, 0.3) is 0 Å². The lowest BCUT2D eigenvalue weighted by molar-refractivity contribution is -0.139. The van der Waals surface area contributed by atoms with Crippen LogP contribution < -0.4 is 10.1 Å². The van der Waals surface area contributed by atoms with Crippen LogP contribution in [0.2, 0.25) is 0 Å². The number of carboxylic acids is 1. The molecule has 1 amide bonds. The Kier molecular flexibility index (Phi) is 6.58. The molecule has 7 heteroatoms. The summed E-state index contributed by atoms with van der Waals surface area (Å²) >= 11 is 0. The number of fused-ring (bicyclic) bond motifs is 3. The molecule has 0 spiro atoms. The molecule has 2 N–H and O–H groups in total. The molecule has 6 nitrogen and oxygen atoms in total. The van der Waals surface area contributed by atoms with Crippen molar-refractivity contribution in [3.05, 3.63) is 89.2 Å². The van der Waals surface area contributed by atoms with Crippen molar-refractivity contribution in [2.75, 3.05) is 13.7 Å². The van der Waals surface area contributed by atoms with E-state index < -0.39 is 23.9 Å². The van der Waals surface area contributed by atoms with Crippen molar-refractivity contribution >= 4 is 12.1 Å². The summed E-state index contributed by atoms with van der Waals surface area (Å²) in [7, 11) is 1.44. The van der Waals surface area contributed by atoms with Gasteiger partial charge in [-0.05, 0) is 46.7 Å². The van der Waals surface area contributed by atoms with Gasteiger partial charge in [-0.15, -0.1) is 0 Å². The summed E-state index contributed by atoms with van der Waals surface area (Å²) in [6.07, 6.45) is -0.668. The van der Waals surface area contributed by atoms with E-state index in [1.54, 1.807) is 12.1 Å². The normalized spacial score (nSPS) is 13.0. The Hall–Kier alpha value is -3.87. The van der Waals surface area contributed by atoms with E-state index in [1.807, 2.05) is 48.5 Å². The van der Waals surface area contributed by atoms with Crippen LogP contribution in [0.15, 0.2) is 66.7 Å². The van der Waals surface area contributed by atoms with E-state index in [0.29, 0.717) is 11.3 Å². The van der Waals surface area contributed by atoms with Gasteiger partial charge in [-0.2, -0.15) is 0 Å². The highest BCUT2D eigenvalue weighted by molar-refractivity contribution is 5.81. The number of rotatable bonds is 8. The zero-order valence-corrected chi connectivity index (χ0v) is 18.1. The SMILES string of the molecule is COc1ccc(CC[C@H](NC(=O)OCC2c3ccccc3-c3ccccc32)C(=O)O)c(F)c1. The number of hydrogen-bond donors (Lipinski definition) is 2. The van der Waals surface area contributed by atoms with Crippen molar-refractivity contribution in [1.29, 1.82) is 0 Å². The van der Waals surface area contributed by atoms with Crippen LogP contribution in [0.3, 0.4) is 0 Å². The first kappa shape index (κ1) is 22.3. The Bertz CT molecular complexity index is 1130. The second-order valence-corrected chi connectivity index (χ2v) is 7.86. The molecule has 33 heavy (non-hydrogen) atoms. The van der Waals surface area contributed by atoms with Gasteiger partial charge >= 0.3 is 12.1 Å². The van der Waals surface area contributed by atoms with E-state index in [-0.39, 0.29) is 25.4 Å². The van der Waals surface area contributed by atoms with Gasteiger partial charge < -0.3 is 19.9 Å². The van der Waals surface area contributed by atoms with E-state index in [0.717, 1.165) is 22.3 Å². The number of nitrogens with one attached hydrogen (secondary N) is 1. The maximum Gasteiger partial charge on any atom is 0.407 e. The average molecular weight is 449 g/mol. The number of aliphatic carboxylic acids is 1. The summed E-state index contributed by atoms with van der Waals surface area (Å²) < 4.78 is 24.5. The average Bonchev–Trinajstić information content (AvgIpc) is 3.14. The Balaban J connectivity index is 1.38. The minimum Gasteiger partial charge on any atom is -0.497 e. The van der Waals surface area contributed by atoms with Crippen LogP contribution in [0.25, 0.3) is 11.1 Å². The molecule has 170 valence electrons. The second kappa shape index (κ2) is 9.73. The van der Waals surface area contributed by atoms with E-state index in [2.05, 4.69) is 5.32 Å². The summed E-state index contributed by atoms with van der Waals surface area (Å²) in [4.78, 5) is 24.1. The van der Waals surface area contributed by atoms with Crippen molar-refractivity contribution in [2.24, 2.45) is 0 Å². The lowest BCUT2D eigenvalue weighted by Gasteiger charge is -2.17. The molecule has 0 aliphatic heterocycles. The smallest absolute Gasteiger partial charge is 0.407 e. The van der Waals surface area contributed by atoms with Crippen LogP contribution in [-0.2, 0) is 16.0 Å². The molecule has 0 radical (unpaired) electrons. The number of amides is 1. The molecule has 0 unspecified atom stereocenters. The van der Waals surface area contributed by atoms with Gasteiger partial charge in [0.15, 0.2) is 0 Å². The molecule has 3 aromatic carbocycles. The van der Waals surface area contributed by atoms with Crippen LogP contribution >= 0.6 is 0 Å². The van der Waals surface area contributed by atoms with E-state index in [1.165, 1.54) is 13.2 Å². The minimum atomic E-state index is -1.21. The fourth-order valence-corrected chi connectivity index (χ4v) is 4.20. The molecular weight excluding hydrogens is 425 g/mol. The number of alkyl carbamates (subject to hydrolysis) is 1. The van der Waals surface area contributed by atoms with Crippen molar-refractivity contribution in [1.82, 2.24) is 5.32 Å². The Labute approximate surface area is 191 Å². The van der Waals surface area contributed by atoms with Crippen molar-refractivity contribution < 1.29 is 28.6 Å². The number of benzene rings is 3. The summed E-state index contributed by atoms with van der Waals surface area (Å²) in [6.45, 7) is 0.0826. The predicted molar refractivity (Wildman–Crippen MR) is 121 cm³/mol. The number of ether oxygens (including phenoxy) is 2. The van der Waals surface area contributed by atoms with Crippen LogP contribution in [0.1, 0.15) is 29.0 Å². The third-order valence-corrected chi connectivity index (χ3v) is 5.90. The van der Waals surface area contributed by atoms with Gasteiger partial charge in [0.1, 0.15) is 24.2 Å². The number of carbonyl (C=O) groups is 2. The number of carboxylic acid groups (broad SMARTS) is 1. The third kappa shape index (κ3) is 4.82. The van der Waals surface area contributed by atoms with E-state index in [9.17, 15) is 19.1 Å². The first-order valence-corrected chi connectivity index (χ1v) is 10.6. The monoisotopic (exact) mass is 449 g/mol. The Morgan fingerprint density at radius 3 is 2.24 bits per heavy atom. The fraction of sp³-hybridized carbons (Fsp3) is 0.231. The number of halogens is 1. The Morgan fingerprint density at radius 2 is 1.67 bits per heavy atom. The molecule has 1 aliphatic carbocycles. The number of carbonyl (C=O) groups excluding carboxylic acids is 1. The lowest BCUT2D eigenvalue weighted by Crippen LogP contribution is -2.41. The molecule has 0 aromatic heterocycles. The van der Waals surface area contributed by atoms with Crippen molar-refractivity contribution in [3.8, 4) is 16.9 Å². The molecular formula is C26H24FNO5. The molecule has 0 saturated carbocycles. The minimum absolute atomic E-state index is 0.0166. The van der Waals surface area contributed by atoms with Crippen LogP contribution in [0, 0.1) is 5.82 Å². The first-order chi connectivity index (χ1) is 16.0. The predicted octanol–water partition coefficient (Wildman–Crippen LogP) is 4.76. The highest BCUT2D eigenvalue weighted by atomic mass is 19.1. The van der Waals surface area contributed by atoms with Gasteiger partial charge in [0.2, 0.25) is 0 Å². The zero-order chi connectivity index (χ0) is 23.4. The molecule has 0 fully saturated rings. The van der Waals surface area contributed by atoms with Gasteiger partial charge in [0, 0.05) is 12.0 Å². The summed E-state index contributed by atoms with van der Waals surface area (Å²) in [5, 5.41) is 11.9. The van der Waals surface area contributed by atoms with Gasteiger partial charge in [0.05, 0.1) is 7.11 Å². The van der Waals surface area contributed by atoms with Gasteiger partial charge in [-0.1, -0.05) is 54.6 Å². The van der Waals surface area contributed by atoms with E-state index in [4.69, 9.17) is 9.47 Å². The van der Waals surface area contributed by atoms with Crippen LogP contribution in [-0.4, -0.2) is 36.9 Å². The Morgan fingerprint density at radius 1 is 1.03 bits per heavy atom. The van der Waals surface area contributed by atoms with Crippen molar-refractivity contribution in [3.63, 3.8) is 0 Å². The lowest BCUT2D eigenvalue weighted by atomic mass is 9.98. The maximum atomic E-state index is 14.1. The molecule has 0 saturated heterocycles. The largest absolute Gasteiger partial charge is 0.497 e. The maximum absolute atomic E-state index is 14.1. The number of methoxy groups -OCH3 is 1. The molecule has 0 bridgehead atoms. The molecule has 0 heterocycles. The number of hydrogen-bond acceptors (Lipinski definition) is 4. The second-order valence-electron chi connectivity index (χ2n) is 7.86. The zero-order valence-electron chi connectivity index (χ0n) is 18.1. The topological polar surface area (TPSA) is 84.9 Å².